The molecule has 292 valence electrons. The summed E-state index contributed by atoms with van der Waals surface area (Å²) in [6.45, 7) is 6.27. The van der Waals surface area contributed by atoms with Gasteiger partial charge in [0.2, 0.25) is 29.5 Å². The van der Waals surface area contributed by atoms with Gasteiger partial charge in [-0.25, -0.2) is 9.59 Å². The van der Waals surface area contributed by atoms with Crippen molar-refractivity contribution < 1.29 is 43.0 Å². The molecule has 0 radical (unpaired) electrons. The first-order valence-corrected chi connectivity index (χ1v) is 17.7. The molecule has 18 heteroatoms. The predicted molar refractivity (Wildman–Crippen MR) is 194 cm³/mol. The number of unbranched alkanes of at least 4 members (excludes halogenated alkanes) is 1. The maximum Gasteiger partial charge on any atom is 0.336 e. The third-order valence-electron chi connectivity index (χ3n) is 8.55. The molecule has 0 spiro atoms. The van der Waals surface area contributed by atoms with Crippen molar-refractivity contribution in [2.24, 2.45) is 17.4 Å². The minimum absolute atomic E-state index is 0.112. The molecule has 2 heterocycles. The van der Waals surface area contributed by atoms with Crippen LogP contribution in [0.5, 0.6) is 0 Å². The van der Waals surface area contributed by atoms with Gasteiger partial charge in [-0.3, -0.25) is 24.0 Å². The molecule has 3 rings (SSSR count). The van der Waals surface area contributed by atoms with Crippen LogP contribution in [0.3, 0.4) is 0 Å². The molecule has 10 N–H and O–H groups in total. The Labute approximate surface area is 307 Å². The van der Waals surface area contributed by atoms with E-state index in [1.807, 2.05) is 13.8 Å². The van der Waals surface area contributed by atoms with Gasteiger partial charge in [-0.05, 0) is 69.2 Å². The number of hydrogen-bond donors (Lipinski definition) is 8. The van der Waals surface area contributed by atoms with Crippen LogP contribution in [0.15, 0.2) is 33.5 Å². The van der Waals surface area contributed by atoms with Crippen LogP contribution < -0.4 is 43.7 Å². The van der Waals surface area contributed by atoms with Gasteiger partial charge in [0.05, 0.1) is 19.8 Å². The van der Waals surface area contributed by atoms with Crippen LogP contribution in [0, 0.1) is 12.8 Å². The highest BCUT2D eigenvalue weighted by molar-refractivity contribution is 6.00. The molecule has 1 aromatic heterocycles. The van der Waals surface area contributed by atoms with E-state index in [0.717, 1.165) is 0 Å². The van der Waals surface area contributed by atoms with Crippen molar-refractivity contribution in [2.75, 3.05) is 44.8 Å². The Balaban J connectivity index is 1.76. The Morgan fingerprint density at radius 1 is 0.849 bits per heavy atom. The minimum atomic E-state index is -1.36. The summed E-state index contributed by atoms with van der Waals surface area (Å²) < 4.78 is 10.5. The molecule has 18 nitrogen and oxygen atoms in total. The normalized spacial score (nSPS) is 15.2. The van der Waals surface area contributed by atoms with Gasteiger partial charge >= 0.3 is 11.7 Å². The number of anilines is 1. The van der Waals surface area contributed by atoms with E-state index in [0.29, 0.717) is 56.6 Å². The van der Waals surface area contributed by atoms with Crippen LogP contribution >= 0.6 is 0 Å². The zero-order valence-corrected chi connectivity index (χ0v) is 30.4. The average Bonchev–Trinajstić information content (AvgIpc) is 3.11. The molecule has 1 aromatic carbocycles. The molecular weight excluding hydrogens is 692 g/mol. The molecule has 4 atom stereocenters. The van der Waals surface area contributed by atoms with E-state index in [1.54, 1.807) is 19.1 Å². The van der Waals surface area contributed by atoms with Crippen molar-refractivity contribution in [3.63, 3.8) is 0 Å². The Morgan fingerprint density at radius 3 is 2.09 bits per heavy atom. The summed E-state index contributed by atoms with van der Waals surface area (Å²) in [6.07, 6.45) is 0.847. The largest absolute Gasteiger partial charge is 0.423 e. The summed E-state index contributed by atoms with van der Waals surface area (Å²) in [7, 11) is 0. The third-order valence-corrected chi connectivity index (χ3v) is 8.55. The van der Waals surface area contributed by atoms with Gasteiger partial charge < -0.3 is 57.2 Å². The number of morpholine rings is 1. The summed E-state index contributed by atoms with van der Waals surface area (Å²) in [6, 6.07) is 0.526. The van der Waals surface area contributed by atoms with Crippen molar-refractivity contribution in [3.05, 3.63) is 40.2 Å². The van der Waals surface area contributed by atoms with E-state index in [4.69, 9.17) is 20.6 Å². The highest BCUT2D eigenvalue weighted by Crippen LogP contribution is 2.21. The monoisotopic (exact) mass is 744 g/mol. The van der Waals surface area contributed by atoms with Crippen LogP contribution in [0.4, 0.5) is 10.5 Å². The van der Waals surface area contributed by atoms with E-state index in [-0.39, 0.29) is 42.9 Å². The summed E-state index contributed by atoms with van der Waals surface area (Å²) in [5.41, 5.74) is 11.6. The zero-order valence-electron chi connectivity index (χ0n) is 30.4. The molecule has 1 fully saturated rings. The number of primary amides is 1. The number of aliphatic hydroxyl groups is 1. The van der Waals surface area contributed by atoms with Crippen LogP contribution in [0.1, 0.15) is 57.9 Å². The SMILES string of the molecule is Cc1cc(=O)oc2cc(NC(=O)C(CCC(N)=O)NC(=O)C(CC(C)C)NC(=O)C(CCCCN)NC(=O)C(CO)NC(=O)N3CCOCC3)ccc12. The standard InChI is InChI=1S/C35H52N8O10/c1-20(2)16-26(41-32(48)24(6-4-5-11-36)39-34(50)27(19-44)42-35(51)43-12-14-52-15-13-43)33(49)40-25(9-10-29(37)45)31(47)38-22-7-8-23-21(3)17-30(46)53-28(23)18-22/h7-8,17-18,20,24-27,44H,4-6,9-16,19,36H2,1-3H3,(H2,37,45)(H,38,47)(H,39,50)(H,40,49)(H,41,48)(H,42,51). The summed E-state index contributed by atoms with van der Waals surface area (Å²) in [5, 5.41) is 23.6. The number of carbonyl (C=O) groups excluding carboxylic acids is 6. The van der Waals surface area contributed by atoms with Gasteiger partial charge in [0.1, 0.15) is 29.8 Å². The molecule has 0 bridgehead atoms. The highest BCUT2D eigenvalue weighted by atomic mass is 16.5. The highest BCUT2D eigenvalue weighted by Gasteiger charge is 2.32. The van der Waals surface area contributed by atoms with Gasteiger partial charge in [-0.1, -0.05) is 13.8 Å². The summed E-state index contributed by atoms with van der Waals surface area (Å²) in [4.78, 5) is 91.8. The first-order chi connectivity index (χ1) is 25.2. The first kappa shape index (κ1) is 42.3. The molecule has 7 amide bonds. The molecular formula is C35H52N8O10. The Morgan fingerprint density at radius 2 is 1.47 bits per heavy atom. The lowest BCUT2D eigenvalue weighted by atomic mass is 10.0. The predicted octanol–water partition coefficient (Wildman–Crippen LogP) is -0.662. The summed E-state index contributed by atoms with van der Waals surface area (Å²) in [5.74, 6) is -3.75. The quantitative estimate of drug-likeness (QED) is 0.0660. The molecule has 0 aliphatic carbocycles. The lowest BCUT2D eigenvalue weighted by molar-refractivity contribution is -0.134. The lowest BCUT2D eigenvalue weighted by Gasteiger charge is -2.29. The van der Waals surface area contributed by atoms with Crippen molar-refractivity contribution in [1.29, 1.82) is 0 Å². The number of urea groups is 1. The second kappa shape index (κ2) is 20.8. The van der Waals surface area contributed by atoms with Crippen LogP contribution in [-0.4, -0.2) is 109 Å². The van der Waals surface area contributed by atoms with Crippen molar-refractivity contribution in [1.82, 2.24) is 26.2 Å². The van der Waals surface area contributed by atoms with Crippen LogP contribution in [0.2, 0.25) is 0 Å². The Kier molecular flexibility index (Phi) is 16.6. The molecule has 53 heavy (non-hydrogen) atoms. The van der Waals surface area contributed by atoms with Crippen molar-refractivity contribution >= 4 is 52.2 Å². The number of rotatable bonds is 19. The van der Waals surface area contributed by atoms with Gasteiger partial charge in [0.15, 0.2) is 0 Å². The molecule has 0 saturated carbocycles. The number of aliphatic hydroxyl groups excluding tert-OH is 1. The minimum Gasteiger partial charge on any atom is -0.423 e. The maximum atomic E-state index is 13.7. The number of nitrogens with one attached hydrogen (secondary N) is 5. The van der Waals surface area contributed by atoms with Crippen molar-refractivity contribution in [3.8, 4) is 0 Å². The lowest BCUT2D eigenvalue weighted by Crippen LogP contribution is -2.59. The van der Waals surface area contributed by atoms with Crippen LogP contribution in [-0.2, 0) is 28.7 Å². The third kappa shape index (κ3) is 13.4. The molecule has 2 aromatic rings. The van der Waals surface area contributed by atoms with E-state index < -0.39 is 72.0 Å². The number of benzene rings is 1. The Hall–Kier alpha value is -5.07. The van der Waals surface area contributed by atoms with Gasteiger partial charge in [-0.2, -0.15) is 0 Å². The molecule has 1 aliphatic rings. The number of ether oxygens (including phenoxy) is 1. The Bertz CT molecular complexity index is 1660. The topological polar surface area (TPSA) is 278 Å². The second-order valence-electron chi connectivity index (χ2n) is 13.3. The van der Waals surface area contributed by atoms with Crippen LogP contribution in [0.25, 0.3) is 11.0 Å². The number of nitrogens with two attached hydrogens (primary N) is 2. The van der Waals surface area contributed by atoms with E-state index in [1.165, 1.54) is 17.0 Å². The van der Waals surface area contributed by atoms with Gasteiger partial charge in [-0.15, -0.1) is 0 Å². The average molecular weight is 745 g/mol. The fourth-order valence-electron chi connectivity index (χ4n) is 5.67. The number of carbonyl (C=O) groups is 6. The maximum absolute atomic E-state index is 13.7. The first-order valence-electron chi connectivity index (χ1n) is 17.7. The van der Waals surface area contributed by atoms with E-state index in [9.17, 15) is 38.7 Å². The van der Waals surface area contributed by atoms with Gasteiger partial charge in [0.25, 0.3) is 0 Å². The van der Waals surface area contributed by atoms with Crippen molar-refractivity contribution in [2.45, 2.75) is 83.5 Å². The number of aryl methyl sites for hydroxylation is 1. The molecule has 4 unspecified atom stereocenters. The number of nitrogens with zero attached hydrogens (tertiary/aromatic N) is 1. The number of fused-ring (bicyclic) bond motifs is 1. The molecule has 1 saturated heterocycles. The van der Waals surface area contributed by atoms with E-state index >= 15 is 0 Å². The smallest absolute Gasteiger partial charge is 0.336 e. The number of hydrogen-bond acceptors (Lipinski definition) is 11. The fraction of sp³-hybridized carbons (Fsp3) is 0.571. The van der Waals surface area contributed by atoms with E-state index in [2.05, 4.69) is 26.6 Å². The fourth-order valence-corrected chi connectivity index (χ4v) is 5.67. The summed E-state index contributed by atoms with van der Waals surface area (Å²) >= 11 is 0. The van der Waals surface area contributed by atoms with Gasteiger partial charge in [0, 0.05) is 42.7 Å². The number of amides is 7. The second-order valence-corrected chi connectivity index (χ2v) is 13.3. The molecule has 1 aliphatic heterocycles. The zero-order chi connectivity index (χ0) is 39.1.